The predicted molar refractivity (Wildman–Crippen MR) is 148 cm³/mol. The highest BCUT2D eigenvalue weighted by Gasteiger charge is 2.55. The van der Waals surface area contributed by atoms with Gasteiger partial charge in [-0.25, -0.2) is 16.8 Å². The van der Waals surface area contributed by atoms with Crippen molar-refractivity contribution in [3.05, 3.63) is 47.5 Å². The molecule has 0 N–H and O–H groups in total. The van der Waals surface area contributed by atoms with Crippen LogP contribution in [-0.2, 0) is 32.5 Å². The van der Waals surface area contributed by atoms with E-state index in [-0.39, 0.29) is 37.2 Å². The van der Waals surface area contributed by atoms with Gasteiger partial charge in [0.15, 0.2) is 46.8 Å². The molecule has 0 aliphatic carbocycles. The third-order valence-electron chi connectivity index (χ3n) is 7.31. The Labute approximate surface area is 226 Å². The van der Waals surface area contributed by atoms with Crippen LogP contribution in [0.25, 0.3) is 0 Å². The van der Waals surface area contributed by atoms with Crippen LogP contribution in [0.2, 0.25) is 0 Å². The minimum atomic E-state index is -3.87. The summed E-state index contributed by atoms with van der Waals surface area (Å²) in [6.07, 6.45) is 1.13. The van der Waals surface area contributed by atoms with Crippen molar-refractivity contribution in [3.8, 4) is 23.0 Å². The first-order valence-corrected chi connectivity index (χ1v) is 15.9. The normalized spacial score (nSPS) is 17.6. The van der Waals surface area contributed by atoms with Gasteiger partial charge in [-0.3, -0.25) is 0 Å². The summed E-state index contributed by atoms with van der Waals surface area (Å²) in [6, 6.07) is 11.0. The minimum Gasteiger partial charge on any atom is -0.493 e. The number of likely N-dealkylation sites (N-methyl/N-ethyl adjacent to an activating group) is 1. The molecule has 0 bridgehead atoms. The van der Waals surface area contributed by atoms with E-state index in [1.165, 1.54) is 14.2 Å². The SMILES string of the molecule is COc1ccc(CCN(C)CCC2(CCc3ccc(OC)c(OC)c3)S(=O)(=O)CCCS2(=O)=O)cc1OC. The largest absolute Gasteiger partial charge is 0.493 e. The molecule has 0 atom stereocenters. The molecule has 1 saturated heterocycles. The molecule has 3 rings (SSSR count). The molecule has 1 aliphatic heterocycles. The summed E-state index contributed by atoms with van der Waals surface area (Å²) in [5, 5.41) is 0. The fourth-order valence-electron chi connectivity index (χ4n) is 4.95. The Balaban J connectivity index is 1.77. The highest BCUT2D eigenvalue weighted by atomic mass is 32.3. The lowest BCUT2D eigenvalue weighted by Gasteiger charge is -2.37. The average Bonchev–Trinajstić information content (AvgIpc) is 2.90. The third kappa shape index (κ3) is 6.38. The summed E-state index contributed by atoms with van der Waals surface area (Å²) in [5.41, 5.74) is 1.83. The second-order valence-electron chi connectivity index (χ2n) is 9.58. The molecule has 0 radical (unpaired) electrons. The van der Waals surface area contributed by atoms with Crippen LogP contribution in [0.15, 0.2) is 36.4 Å². The number of hydrogen-bond acceptors (Lipinski definition) is 9. The van der Waals surface area contributed by atoms with E-state index in [1.54, 1.807) is 26.4 Å². The van der Waals surface area contributed by atoms with E-state index in [4.69, 9.17) is 18.9 Å². The first-order chi connectivity index (χ1) is 18.0. The smallest absolute Gasteiger partial charge is 0.174 e. The molecule has 1 fully saturated rings. The van der Waals surface area contributed by atoms with Crippen LogP contribution in [0.5, 0.6) is 23.0 Å². The van der Waals surface area contributed by atoms with E-state index >= 15 is 0 Å². The maximum Gasteiger partial charge on any atom is 0.174 e. The maximum absolute atomic E-state index is 13.4. The van der Waals surface area contributed by atoms with Gasteiger partial charge >= 0.3 is 0 Å². The highest BCUT2D eigenvalue weighted by Crippen LogP contribution is 2.40. The van der Waals surface area contributed by atoms with E-state index in [1.807, 2.05) is 36.2 Å². The number of rotatable bonds is 13. The van der Waals surface area contributed by atoms with Crippen LogP contribution in [0.3, 0.4) is 0 Å². The summed E-state index contributed by atoms with van der Waals surface area (Å²) in [6.45, 7) is 0.957. The minimum absolute atomic E-state index is 0.00331. The van der Waals surface area contributed by atoms with Crippen molar-refractivity contribution < 1.29 is 35.8 Å². The Morgan fingerprint density at radius 1 is 0.684 bits per heavy atom. The van der Waals surface area contributed by atoms with Crippen LogP contribution < -0.4 is 18.9 Å². The van der Waals surface area contributed by atoms with Gasteiger partial charge in [-0.2, -0.15) is 0 Å². The molecule has 11 heteroatoms. The van der Waals surface area contributed by atoms with Gasteiger partial charge in [-0.15, -0.1) is 0 Å². The summed E-state index contributed by atoms with van der Waals surface area (Å²) in [7, 11) is 0.364. The quantitative estimate of drug-likeness (QED) is 0.359. The van der Waals surface area contributed by atoms with Crippen LogP contribution in [0, 0.1) is 0 Å². The number of hydrogen-bond donors (Lipinski definition) is 0. The van der Waals surface area contributed by atoms with Crippen molar-refractivity contribution in [2.24, 2.45) is 0 Å². The molecular weight excluding hydrogens is 530 g/mol. The van der Waals surface area contributed by atoms with Crippen molar-refractivity contribution in [1.82, 2.24) is 4.90 Å². The molecule has 212 valence electrons. The Morgan fingerprint density at radius 3 is 1.63 bits per heavy atom. The molecule has 2 aromatic rings. The van der Waals surface area contributed by atoms with E-state index in [0.717, 1.165) is 11.1 Å². The Morgan fingerprint density at radius 2 is 1.16 bits per heavy atom. The van der Waals surface area contributed by atoms with Crippen molar-refractivity contribution in [1.29, 1.82) is 0 Å². The second-order valence-corrected chi connectivity index (χ2v) is 14.7. The van der Waals surface area contributed by atoms with E-state index < -0.39 is 23.8 Å². The van der Waals surface area contributed by atoms with Gasteiger partial charge in [-0.05, 0) is 74.5 Å². The van der Waals surface area contributed by atoms with Gasteiger partial charge in [-0.1, -0.05) is 12.1 Å². The summed E-state index contributed by atoms with van der Waals surface area (Å²) < 4.78 is 73.2. The van der Waals surface area contributed by atoms with Gasteiger partial charge in [0, 0.05) is 13.1 Å². The average molecular weight is 570 g/mol. The predicted octanol–water partition coefficient (Wildman–Crippen LogP) is 3.15. The van der Waals surface area contributed by atoms with Crippen LogP contribution in [0.1, 0.15) is 30.4 Å². The Hall–Kier alpha value is -2.50. The van der Waals surface area contributed by atoms with Crippen molar-refractivity contribution in [2.75, 3.05) is 60.1 Å². The van der Waals surface area contributed by atoms with Crippen molar-refractivity contribution in [2.45, 2.75) is 36.2 Å². The van der Waals surface area contributed by atoms with Crippen LogP contribution >= 0.6 is 0 Å². The van der Waals surface area contributed by atoms with Crippen molar-refractivity contribution >= 4 is 19.7 Å². The molecule has 2 aromatic carbocycles. The zero-order chi connectivity index (χ0) is 28.0. The second kappa shape index (κ2) is 12.6. The number of methoxy groups -OCH3 is 4. The topological polar surface area (TPSA) is 108 Å². The number of benzene rings is 2. The van der Waals surface area contributed by atoms with Crippen LogP contribution in [-0.4, -0.2) is 85.9 Å². The lowest BCUT2D eigenvalue weighted by molar-refractivity contribution is 0.319. The fourth-order valence-corrected chi connectivity index (χ4v) is 10.6. The molecular formula is C27H39NO8S2. The van der Waals surface area contributed by atoms with Gasteiger partial charge in [0.2, 0.25) is 0 Å². The fraction of sp³-hybridized carbons (Fsp3) is 0.556. The van der Waals surface area contributed by atoms with E-state index in [0.29, 0.717) is 42.5 Å². The van der Waals surface area contributed by atoms with Crippen LogP contribution in [0.4, 0.5) is 0 Å². The van der Waals surface area contributed by atoms with Gasteiger partial charge in [0.25, 0.3) is 0 Å². The summed E-state index contributed by atoms with van der Waals surface area (Å²) in [5.74, 6) is 2.12. The molecule has 0 unspecified atom stereocenters. The molecule has 0 aromatic heterocycles. The standard InChI is InChI=1S/C27H39NO8S2/c1-28(15-12-22-8-10-24(34-3)26(20-22)36-5)16-14-27(37(29,30)17-6-18-38(27,31)32)13-11-21-7-9-23(33-2)25(19-21)35-4/h7-10,19-20H,6,11-18H2,1-5H3. The zero-order valence-electron chi connectivity index (χ0n) is 22.9. The lowest BCUT2D eigenvalue weighted by Crippen LogP contribution is -2.53. The Kier molecular flexibility index (Phi) is 9.94. The van der Waals surface area contributed by atoms with E-state index in [2.05, 4.69) is 0 Å². The first-order valence-electron chi connectivity index (χ1n) is 12.6. The van der Waals surface area contributed by atoms with Gasteiger partial charge in [0.1, 0.15) is 0 Å². The van der Waals surface area contributed by atoms with Crippen molar-refractivity contribution in [3.63, 3.8) is 0 Å². The Bertz CT molecular complexity index is 1270. The molecule has 0 spiro atoms. The maximum atomic E-state index is 13.4. The highest BCUT2D eigenvalue weighted by molar-refractivity contribution is 8.10. The van der Waals surface area contributed by atoms with Gasteiger partial charge < -0.3 is 23.8 Å². The number of aryl methyl sites for hydroxylation is 1. The number of sulfone groups is 2. The monoisotopic (exact) mass is 569 g/mol. The molecule has 0 amide bonds. The lowest BCUT2D eigenvalue weighted by atomic mass is 10.0. The number of ether oxygens (including phenoxy) is 4. The number of nitrogens with zero attached hydrogens (tertiary/aromatic N) is 1. The zero-order valence-corrected chi connectivity index (χ0v) is 24.5. The molecule has 0 saturated carbocycles. The summed E-state index contributed by atoms with van der Waals surface area (Å²) >= 11 is 0. The van der Waals surface area contributed by atoms with Gasteiger partial charge in [0.05, 0.1) is 39.9 Å². The van der Waals surface area contributed by atoms with E-state index in [9.17, 15) is 16.8 Å². The molecule has 1 aliphatic rings. The molecule has 1 heterocycles. The summed E-state index contributed by atoms with van der Waals surface area (Å²) in [4.78, 5) is 1.98. The third-order valence-corrected chi connectivity index (χ3v) is 13.6. The first kappa shape index (κ1) is 30.0. The molecule has 38 heavy (non-hydrogen) atoms. The molecule has 9 nitrogen and oxygen atoms in total.